The fourth-order valence-electron chi connectivity index (χ4n) is 1.52. The zero-order valence-corrected chi connectivity index (χ0v) is 10.3. The molecular weight excluding hydrogens is 222 g/mol. The first kappa shape index (κ1) is 13.8. The number of hydrogen-bond donors (Lipinski definition) is 3. The summed E-state index contributed by atoms with van der Waals surface area (Å²) in [7, 11) is 3.14. The minimum absolute atomic E-state index is 0.0270. The second-order valence-corrected chi connectivity index (χ2v) is 3.81. The van der Waals surface area contributed by atoms with Gasteiger partial charge in [0.1, 0.15) is 11.5 Å². The minimum atomic E-state index is -0.316. The highest BCUT2D eigenvalue weighted by molar-refractivity contribution is 5.37. The molecule has 0 saturated heterocycles. The van der Waals surface area contributed by atoms with Gasteiger partial charge in [-0.15, -0.1) is 0 Å². The number of phenolic OH excluding ortho intramolecular Hbond substituents is 2. The number of methoxy groups -OCH3 is 2. The van der Waals surface area contributed by atoms with Gasteiger partial charge in [-0.25, -0.2) is 0 Å². The Morgan fingerprint density at radius 2 is 1.65 bits per heavy atom. The van der Waals surface area contributed by atoms with Crippen LogP contribution in [-0.2, 0) is 9.47 Å². The number of rotatable bonds is 6. The van der Waals surface area contributed by atoms with E-state index in [2.05, 4.69) is 5.32 Å². The van der Waals surface area contributed by atoms with Crippen LogP contribution < -0.4 is 5.32 Å². The Labute approximate surface area is 101 Å². The average Bonchev–Trinajstić information content (AvgIpc) is 2.28. The second-order valence-electron chi connectivity index (χ2n) is 3.81. The van der Waals surface area contributed by atoms with Crippen LogP contribution in [0.25, 0.3) is 0 Å². The summed E-state index contributed by atoms with van der Waals surface area (Å²) < 4.78 is 10.1. The van der Waals surface area contributed by atoms with E-state index in [1.807, 2.05) is 6.92 Å². The monoisotopic (exact) mass is 241 g/mol. The first-order chi connectivity index (χ1) is 8.06. The lowest BCUT2D eigenvalue weighted by Gasteiger charge is -2.19. The molecule has 0 spiro atoms. The van der Waals surface area contributed by atoms with Crippen LogP contribution in [0.1, 0.15) is 18.5 Å². The lowest BCUT2D eigenvalue weighted by Crippen LogP contribution is -2.31. The van der Waals surface area contributed by atoms with Crippen molar-refractivity contribution in [3.8, 4) is 11.5 Å². The van der Waals surface area contributed by atoms with Crippen LogP contribution in [-0.4, -0.2) is 37.3 Å². The summed E-state index contributed by atoms with van der Waals surface area (Å²) in [6, 6.07) is 4.47. The largest absolute Gasteiger partial charge is 0.508 e. The molecule has 0 amide bonds. The predicted octanol–water partition coefficient (Wildman–Crippen LogP) is 1.37. The van der Waals surface area contributed by atoms with Gasteiger partial charge < -0.3 is 25.0 Å². The highest BCUT2D eigenvalue weighted by Crippen LogP contribution is 2.24. The van der Waals surface area contributed by atoms with E-state index in [0.717, 1.165) is 5.56 Å². The van der Waals surface area contributed by atoms with Crippen molar-refractivity contribution in [3.05, 3.63) is 23.8 Å². The highest BCUT2D eigenvalue weighted by Gasteiger charge is 2.11. The van der Waals surface area contributed by atoms with Crippen molar-refractivity contribution < 1.29 is 19.7 Å². The van der Waals surface area contributed by atoms with Crippen molar-refractivity contribution in [1.82, 2.24) is 5.32 Å². The highest BCUT2D eigenvalue weighted by atomic mass is 16.7. The van der Waals surface area contributed by atoms with Gasteiger partial charge in [-0.1, -0.05) is 0 Å². The summed E-state index contributed by atoms with van der Waals surface area (Å²) in [4.78, 5) is 0. The molecule has 0 heterocycles. The molecule has 0 fully saturated rings. The first-order valence-corrected chi connectivity index (χ1v) is 5.38. The van der Waals surface area contributed by atoms with E-state index in [1.54, 1.807) is 26.4 Å². The van der Waals surface area contributed by atoms with E-state index in [-0.39, 0.29) is 23.8 Å². The zero-order valence-electron chi connectivity index (χ0n) is 10.3. The predicted molar refractivity (Wildman–Crippen MR) is 64.0 cm³/mol. The van der Waals surface area contributed by atoms with Gasteiger partial charge in [0, 0.05) is 32.9 Å². The SMILES string of the molecule is COC(CNC(C)c1cc(O)cc(O)c1)OC. The molecule has 0 bridgehead atoms. The average molecular weight is 241 g/mol. The minimum Gasteiger partial charge on any atom is -0.508 e. The molecule has 0 aliphatic rings. The van der Waals surface area contributed by atoms with Gasteiger partial charge in [0.25, 0.3) is 0 Å². The van der Waals surface area contributed by atoms with Crippen LogP contribution >= 0.6 is 0 Å². The summed E-state index contributed by atoms with van der Waals surface area (Å²) in [6.07, 6.45) is -0.316. The topological polar surface area (TPSA) is 71.0 Å². The quantitative estimate of drug-likeness (QED) is 0.656. The zero-order chi connectivity index (χ0) is 12.8. The molecule has 0 radical (unpaired) electrons. The van der Waals surface area contributed by atoms with Crippen molar-refractivity contribution in [2.24, 2.45) is 0 Å². The standard InChI is InChI=1S/C12H19NO4/c1-8(13-7-12(16-2)17-3)9-4-10(14)6-11(15)5-9/h4-6,8,12-15H,7H2,1-3H3. The number of aromatic hydroxyl groups is 2. The van der Waals surface area contributed by atoms with Crippen molar-refractivity contribution in [2.75, 3.05) is 20.8 Å². The maximum Gasteiger partial charge on any atom is 0.169 e. The van der Waals surface area contributed by atoms with Gasteiger partial charge in [-0.05, 0) is 24.6 Å². The fraction of sp³-hybridized carbons (Fsp3) is 0.500. The van der Waals surface area contributed by atoms with Gasteiger partial charge >= 0.3 is 0 Å². The van der Waals surface area contributed by atoms with E-state index >= 15 is 0 Å². The van der Waals surface area contributed by atoms with E-state index in [0.29, 0.717) is 6.54 Å². The molecule has 1 atom stereocenters. The fourth-order valence-corrected chi connectivity index (χ4v) is 1.52. The number of nitrogens with one attached hydrogen (secondary N) is 1. The molecule has 0 aliphatic carbocycles. The Bertz CT molecular complexity index is 332. The first-order valence-electron chi connectivity index (χ1n) is 5.38. The molecule has 5 nitrogen and oxygen atoms in total. The van der Waals surface area contributed by atoms with E-state index in [1.165, 1.54) is 6.07 Å². The Hall–Kier alpha value is -1.30. The van der Waals surface area contributed by atoms with Gasteiger partial charge in [-0.3, -0.25) is 0 Å². The number of benzene rings is 1. The third kappa shape index (κ3) is 4.22. The Balaban J connectivity index is 2.60. The van der Waals surface area contributed by atoms with Crippen LogP contribution in [0.2, 0.25) is 0 Å². The molecular formula is C12H19NO4. The molecule has 96 valence electrons. The summed E-state index contributed by atoms with van der Waals surface area (Å²) in [5.41, 5.74) is 0.799. The lowest BCUT2D eigenvalue weighted by molar-refractivity contribution is -0.0997. The van der Waals surface area contributed by atoms with Crippen molar-refractivity contribution >= 4 is 0 Å². The maximum atomic E-state index is 9.38. The number of ether oxygens (including phenoxy) is 2. The van der Waals surface area contributed by atoms with Gasteiger partial charge in [-0.2, -0.15) is 0 Å². The maximum absolute atomic E-state index is 9.38. The van der Waals surface area contributed by atoms with E-state index in [4.69, 9.17) is 9.47 Å². The summed E-state index contributed by atoms with van der Waals surface area (Å²) in [6.45, 7) is 2.45. The third-order valence-corrected chi connectivity index (χ3v) is 2.54. The van der Waals surface area contributed by atoms with E-state index in [9.17, 15) is 10.2 Å². The molecule has 0 saturated carbocycles. The third-order valence-electron chi connectivity index (χ3n) is 2.54. The number of hydrogen-bond acceptors (Lipinski definition) is 5. The van der Waals surface area contributed by atoms with Gasteiger partial charge in [0.15, 0.2) is 6.29 Å². The van der Waals surface area contributed by atoms with Crippen LogP contribution in [0.4, 0.5) is 0 Å². The molecule has 3 N–H and O–H groups in total. The Kier molecular flexibility index (Phi) is 5.21. The van der Waals surface area contributed by atoms with Gasteiger partial charge in [0.2, 0.25) is 0 Å². The number of phenols is 2. The van der Waals surface area contributed by atoms with Crippen molar-refractivity contribution in [3.63, 3.8) is 0 Å². The Morgan fingerprint density at radius 3 is 2.12 bits per heavy atom. The molecule has 1 aromatic rings. The van der Waals surface area contributed by atoms with Crippen molar-refractivity contribution in [1.29, 1.82) is 0 Å². The Morgan fingerprint density at radius 1 is 1.12 bits per heavy atom. The molecule has 0 aliphatic heterocycles. The van der Waals surface area contributed by atoms with Crippen LogP contribution in [0.3, 0.4) is 0 Å². The molecule has 5 heteroatoms. The lowest BCUT2D eigenvalue weighted by atomic mass is 10.1. The van der Waals surface area contributed by atoms with E-state index < -0.39 is 0 Å². The van der Waals surface area contributed by atoms with Crippen LogP contribution in [0.15, 0.2) is 18.2 Å². The van der Waals surface area contributed by atoms with Crippen molar-refractivity contribution in [2.45, 2.75) is 19.3 Å². The molecule has 0 aromatic heterocycles. The van der Waals surface area contributed by atoms with Crippen LogP contribution in [0, 0.1) is 0 Å². The summed E-state index contributed by atoms with van der Waals surface area (Å²) in [5.74, 6) is 0.0902. The molecule has 1 aromatic carbocycles. The molecule has 1 rings (SSSR count). The summed E-state index contributed by atoms with van der Waals surface area (Å²) >= 11 is 0. The summed E-state index contributed by atoms with van der Waals surface area (Å²) in [5, 5.41) is 21.9. The smallest absolute Gasteiger partial charge is 0.169 e. The molecule has 17 heavy (non-hydrogen) atoms. The second kappa shape index (κ2) is 6.44. The van der Waals surface area contributed by atoms with Crippen LogP contribution in [0.5, 0.6) is 11.5 Å². The normalized spacial score (nSPS) is 12.9. The van der Waals surface area contributed by atoms with Gasteiger partial charge in [0.05, 0.1) is 0 Å². The molecule has 1 unspecified atom stereocenters.